The molecule has 0 unspecified atom stereocenters. The Morgan fingerprint density at radius 1 is 1.14 bits per heavy atom. The first kappa shape index (κ1) is 12.9. The molecular formula is C16H13N5. The van der Waals surface area contributed by atoms with Crippen LogP contribution in [0.3, 0.4) is 0 Å². The van der Waals surface area contributed by atoms with E-state index in [4.69, 9.17) is 5.26 Å². The van der Waals surface area contributed by atoms with Gasteiger partial charge in [0.1, 0.15) is 0 Å². The number of nitriles is 1. The van der Waals surface area contributed by atoms with Crippen LogP contribution in [0.15, 0.2) is 60.9 Å². The van der Waals surface area contributed by atoms with Crippen molar-refractivity contribution in [3.8, 4) is 11.8 Å². The highest BCUT2D eigenvalue weighted by Gasteiger charge is 2.04. The Hall–Kier alpha value is -3.13. The second-order valence-electron chi connectivity index (χ2n) is 4.53. The maximum absolute atomic E-state index is 8.93. The minimum Gasteiger partial charge on any atom is -0.379 e. The van der Waals surface area contributed by atoms with Gasteiger partial charge in [-0.25, -0.2) is 4.68 Å². The molecule has 0 amide bonds. The fourth-order valence-electron chi connectivity index (χ4n) is 2.11. The average molecular weight is 275 g/mol. The van der Waals surface area contributed by atoms with Gasteiger partial charge in [0.25, 0.3) is 0 Å². The van der Waals surface area contributed by atoms with Crippen molar-refractivity contribution in [1.29, 1.82) is 5.26 Å². The van der Waals surface area contributed by atoms with Gasteiger partial charge in [0.15, 0.2) is 0 Å². The predicted octanol–water partition coefficient (Wildman–Crippen LogP) is 2.75. The molecule has 0 atom stereocenters. The van der Waals surface area contributed by atoms with E-state index in [0.717, 1.165) is 16.9 Å². The Balaban J connectivity index is 1.81. The molecule has 5 nitrogen and oxygen atoms in total. The summed E-state index contributed by atoms with van der Waals surface area (Å²) in [5.74, 6) is 0. The summed E-state index contributed by atoms with van der Waals surface area (Å²) in [5.41, 5.74) is 3.62. The molecule has 0 aliphatic carbocycles. The zero-order valence-corrected chi connectivity index (χ0v) is 11.3. The molecule has 3 aromatic rings. The normalized spacial score (nSPS) is 10.0. The summed E-state index contributed by atoms with van der Waals surface area (Å²) >= 11 is 0. The summed E-state index contributed by atoms with van der Waals surface area (Å²) < 4.78 is 1.72. The second-order valence-corrected chi connectivity index (χ2v) is 4.53. The van der Waals surface area contributed by atoms with E-state index in [0.29, 0.717) is 12.1 Å². The van der Waals surface area contributed by atoms with Gasteiger partial charge in [-0.3, -0.25) is 0 Å². The zero-order valence-electron chi connectivity index (χ0n) is 11.3. The number of hydrogen-bond acceptors (Lipinski definition) is 4. The first-order valence-electron chi connectivity index (χ1n) is 6.55. The maximum atomic E-state index is 8.93. The lowest BCUT2D eigenvalue weighted by molar-refractivity contribution is 0.803. The lowest BCUT2D eigenvalue weighted by Gasteiger charge is -2.11. The third-order valence-electron chi connectivity index (χ3n) is 3.11. The Morgan fingerprint density at radius 2 is 2.05 bits per heavy atom. The summed E-state index contributed by atoms with van der Waals surface area (Å²) in [5, 5.41) is 20.1. The highest BCUT2D eigenvalue weighted by Crippen LogP contribution is 2.19. The fraction of sp³-hybridized carbons (Fsp3) is 0.0625. The van der Waals surface area contributed by atoms with Gasteiger partial charge in [-0.15, -0.1) is 5.10 Å². The van der Waals surface area contributed by atoms with Gasteiger partial charge in [0, 0.05) is 6.54 Å². The molecule has 0 aliphatic rings. The van der Waals surface area contributed by atoms with E-state index in [1.165, 1.54) is 0 Å². The molecule has 1 aromatic heterocycles. The van der Waals surface area contributed by atoms with E-state index in [1.54, 1.807) is 23.1 Å². The molecule has 3 rings (SSSR count). The molecule has 0 saturated carbocycles. The summed E-state index contributed by atoms with van der Waals surface area (Å²) in [4.78, 5) is 0. The minimum absolute atomic E-state index is 0.640. The highest BCUT2D eigenvalue weighted by molar-refractivity contribution is 5.60. The van der Waals surface area contributed by atoms with Crippen molar-refractivity contribution in [3.63, 3.8) is 0 Å². The first-order chi connectivity index (χ1) is 10.4. The van der Waals surface area contributed by atoms with E-state index in [-0.39, 0.29) is 0 Å². The summed E-state index contributed by atoms with van der Waals surface area (Å²) in [6.45, 7) is 0.640. The molecule has 102 valence electrons. The van der Waals surface area contributed by atoms with E-state index < -0.39 is 0 Å². The Labute approximate surface area is 122 Å². The van der Waals surface area contributed by atoms with Crippen LogP contribution in [0.5, 0.6) is 0 Å². The summed E-state index contributed by atoms with van der Waals surface area (Å²) in [7, 11) is 0. The van der Waals surface area contributed by atoms with Crippen LogP contribution in [0.25, 0.3) is 5.69 Å². The van der Waals surface area contributed by atoms with Crippen molar-refractivity contribution >= 4 is 5.69 Å². The van der Waals surface area contributed by atoms with Gasteiger partial charge in [-0.2, -0.15) is 5.26 Å². The minimum atomic E-state index is 0.640. The summed E-state index contributed by atoms with van der Waals surface area (Å²) in [6.07, 6.45) is 3.45. The molecule has 0 radical (unpaired) electrons. The molecule has 0 spiro atoms. The fourth-order valence-corrected chi connectivity index (χ4v) is 2.11. The van der Waals surface area contributed by atoms with Gasteiger partial charge < -0.3 is 5.32 Å². The lowest BCUT2D eigenvalue weighted by atomic mass is 10.1. The van der Waals surface area contributed by atoms with Crippen LogP contribution in [0, 0.1) is 11.3 Å². The van der Waals surface area contributed by atoms with Crippen molar-refractivity contribution in [2.45, 2.75) is 6.54 Å². The van der Waals surface area contributed by atoms with Crippen LogP contribution in [0.4, 0.5) is 5.69 Å². The van der Waals surface area contributed by atoms with Crippen LogP contribution in [-0.2, 0) is 6.54 Å². The number of nitrogens with zero attached hydrogens (tertiary/aromatic N) is 4. The van der Waals surface area contributed by atoms with Crippen LogP contribution >= 0.6 is 0 Å². The smallest absolute Gasteiger partial charge is 0.0991 e. The van der Waals surface area contributed by atoms with Crippen molar-refractivity contribution in [3.05, 3.63) is 72.1 Å². The van der Waals surface area contributed by atoms with Crippen molar-refractivity contribution in [1.82, 2.24) is 15.0 Å². The van der Waals surface area contributed by atoms with Gasteiger partial charge in [-0.1, -0.05) is 29.5 Å². The molecule has 5 heteroatoms. The number of nitrogens with one attached hydrogen (secondary N) is 1. The van der Waals surface area contributed by atoms with Gasteiger partial charge in [-0.05, 0) is 29.8 Å². The molecular weight excluding hydrogens is 262 g/mol. The lowest BCUT2D eigenvalue weighted by Crippen LogP contribution is -2.05. The number of hydrogen-bond donors (Lipinski definition) is 1. The van der Waals surface area contributed by atoms with Crippen LogP contribution < -0.4 is 5.32 Å². The zero-order chi connectivity index (χ0) is 14.5. The van der Waals surface area contributed by atoms with Gasteiger partial charge >= 0.3 is 0 Å². The van der Waals surface area contributed by atoms with Crippen LogP contribution in [-0.4, -0.2) is 15.0 Å². The van der Waals surface area contributed by atoms with Gasteiger partial charge in [0.2, 0.25) is 0 Å². The van der Waals surface area contributed by atoms with E-state index in [2.05, 4.69) is 21.7 Å². The maximum Gasteiger partial charge on any atom is 0.0991 e. The standard InChI is InChI=1S/C16H13N5/c17-11-13-4-3-5-14(10-13)12-18-15-6-1-2-7-16(15)21-9-8-19-20-21/h1-10,18H,12H2. The number of anilines is 1. The molecule has 0 saturated heterocycles. The van der Waals surface area contributed by atoms with Crippen LogP contribution in [0.2, 0.25) is 0 Å². The van der Waals surface area contributed by atoms with Crippen molar-refractivity contribution in [2.75, 3.05) is 5.32 Å². The largest absolute Gasteiger partial charge is 0.379 e. The second kappa shape index (κ2) is 5.88. The quantitative estimate of drug-likeness (QED) is 0.795. The topological polar surface area (TPSA) is 66.5 Å². The average Bonchev–Trinajstić information content (AvgIpc) is 3.08. The predicted molar refractivity (Wildman–Crippen MR) is 79.8 cm³/mol. The molecule has 2 aromatic carbocycles. The Bertz CT molecular complexity index is 771. The third-order valence-corrected chi connectivity index (χ3v) is 3.11. The monoisotopic (exact) mass is 275 g/mol. The molecule has 0 fully saturated rings. The third kappa shape index (κ3) is 2.90. The Morgan fingerprint density at radius 3 is 2.86 bits per heavy atom. The SMILES string of the molecule is N#Cc1cccc(CNc2ccccc2-n2ccnn2)c1. The molecule has 21 heavy (non-hydrogen) atoms. The van der Waals surface area contributed by atoms with E-state index in [1.807, 2.05) is 42.5 Å². The van der Waals surface area contributed by atoms with Gasteiger partial charge in [0.05, 0.1) is 35.4 Å². The summed E-state index contributed by atoms with van der Waals surface area (Å²) in [6, 6.07) is 17.6. The molecule has 1 N–H and O–H groups in total. The van der Waals surface area contributed by atoms with Crippen LogP contribution in [0.1, 0.15) is 11.1 Å². The molecule has 0 aliphatic heterocycles. The first-order valence-corrected chi connectivity index (χ1v) is 6.55. The van der Waals surface area contributed by atoms with Crippen molar-refractivity contribution in [2.24, 2.45) is 0 Å². The van der Waals surface area contributed by atoms with E-state index in [9.17, 15) is 0 Å². The number of aromatic nitrogens is 3. The molecule has 0 bridgehead atoms. The number of rotatable bonds is 4. The molecule has 1 heterocycles. The Kier molecular flexibility index (Phi) is 3.61. The van der Waals surface area contributed by atoms with E-state index >= 15 is 0 Å². The van der Waals surface area contributed by atoms with Crippen molar-refractivity contribution < 1.29 is 0 Å². The number of para-hydroxylation sites is 2. The highest BCUT2D eigenvalue weighted by atomic mass is 15.4. The number of benzene rings is 2.